The van der Waals surface area contributed by atoms with E-state index < -0.39 is 22.5 Å². The molecule has 3 aromatic carbocycles. The molecule has 3 aromatic rings. The molecule has 28 heavy (non-hydrogen) atoms. The largest absolute Gasteiger partial charge is 0.533 e. The highest BCUT2D eigenvalue weighted by molar-refractivity contribution is 7.07. The second-order valence-corrected chi connectivity index (χ2v) is 16.0. The second-order valence-electron chi connectivity index (χ2n) is 7.72. The number of hydrogen-bond acceptors (Lipinski definition) is 1. The molecular weight excluding hydrogens is 386 g/mol. The summed E-state index contributed by atoms with van der Waals surface area (Å²) in [5, 5.41) is 2.73. The molecule has 1 nitrogen and oxygen atoms in total. The summed E-state index contributed by atoms with van der Waals surface area (Å²) in [6, 6.07) is 29.4. The lowest BCUT2D eigenvalue weighted by molar-refractivity contribution is 0.351. The van der Waals surface area contributed by atoms with Gasteiger partial charge in [0, 0.05) is 0 Å². The van der Waals surface area contributed by atoms with Crippen molar-refractivity contribution in [2.45, 2.75) is 19.6 Å². The zero-order valence-corrected chi connectivity index (χ0v) is 18.3. The summed E-state index contributed by atoms with van der Waals surface area (Å²) in [4.78, 5) is 0. The van der Waals surface area contributed by atoms with Crippen LogP contribution in [0.3, 0.4) is 0 Å². The van der Waals surface area contributed by atoms with Crippen LogP contribution < -0.4 is 15.6 Å². The smallest absolute Gasteiger partial charge is 0.346 e. The van der Waals surface area contributed by atoms with Crippen molar-refractivity contribution in [3.63, 3.8) is 0 Å². The summed E-state index contributed by atoms with van der Waals surface area (Å²) in [5.74, 6) is 0. The average molecular weight is 411 g/mol. The highest BCUT2D eigenvalue weighted by atomic mass is 28.4. The van der Waals surface area contributed by atoms with E-state index in [0.29, 0.717) is 0 Å². The maximum absolute atomic E-state index is 14.1. The molecule has 144 valence electrons. The van der Waals surface area contributed by atoms with Gasteiger partial charge in [0.1, 0.15) is 13.5 Å². The topological polar surface area (TPSA) is 9.23 Å². The molecule has 0 fully saturated rings. The second kappa shape index (κ2) is 8.24. The Hall–Kier alpha value is -2.51. The fourth-order valence-corrected chi connectivity index (χ4v) is 9.30. The van der Waals surface area contributed by atoms with E-state index in [1.165, 1.54) is 0 Å². The lowest BCUT2D eigenvalue weighted by Gasteiger charge is -2.37. The summed E-state index contributed by atoms with van der Waals surface area (Å²) in [6.07, 6.45) is -1.71. The van der Waals surface area contributed by atoms with E-state index in [-0.39, 0.29) is 5.38 Å². The van der Waals surface area contributed by atoms with Gasteiger partial charge >= 0.3 is 14.4 Å². The van der Waals surface area contributed by atoms with Crippen LogP contribution in [0.15, 0.2) is 102 Å². The van der Waals surface area contributed by atoms with Gasteiger partial charge in [0.25, 0.3) is 0 Å². The lowest BCUT2D eigenvalue weighted by Crippen LogP contribution is -2.69. The van der Waals surface area contributed by atoms with E-state index in [1.54, 1.807) is 0 Å². The third-order valence-electron chi connectivity index (χ3n) is 4.65. The predicted molar refractivity (Wildman–Crippen MR) is 118 cm³/mol. The van der Waals surface area contributed by atoms with E-state index in [2.05, 4.69) is 0 Å². The minimum Gasteiger partial charge on any atom is -0.533 e. The van der Waals surface area contributed by atoms with Crippen molar-refractivity contribution in [1.82, 2.24) is 0 Å². The van der Waals surface area contributed by atoms with E-state index in [9.17, 15) is 8.78 Å². The molecule has 0 aliphatic rings. The lowest BCUT2D eigenvalue weighted by atomic mass is 10.3. The average Bonchev–Trinajstić information content (AvgIpc) is 2.70. The Morgan fingerprint density at radius 1 is 0.607 bits per heavy atom. The molecule has 5 heteroatoms. The Balaban J connectivity index is 2.36. The van der Waals surface area contributed by atoms with Crippen molar-refractivity contribution < 1.29 is 13.2 Å². The van der Waals surface area contributed by atoms with Crippen molar-refractivity contribution >= 4 is 32.0 Å². The normalized spacial score (nSPS) is 11.8. The zero-order valence-electron chi connectivity index (χ0n) is 16.3. The van der Waals surface area contributed by atoms with E-state index >= 15 is 0 Å². The standard InChI is InChI=1S/C23H24F2OSi2/c1-27(2,3)23(22(24)25)26-28(19-13-7-4-8-14-19,20-15-9-5-10-16-20)21-17-11-6-12-18-21/h4-18H,1-3H3. The summed E-state index contributed by atoms with van der Waals surface area (Å²) >= 11 is 0. The summed E-state index contributed by atoms with van der Waals surface area (Å²) in [6.45, 7) is 5.67. The number of rotatable bonds is 6. The Bertz CT molecular complexity index is 836. The molecule has 0 heterocycles. The third-order valence-corrected chi connectivity index (χ3v) is 10.5. The molecule has 3 rings (SSSR count). The monoisotopic (exact) mass is 410 g/mol. The number of benzene rings is 3. The van der Waals surface area contributed by atoms with Crippen molar-refractivity contribution in [3.05, 3.63) is 102 Å². The van der Waals surface area contributed by atoms with Gasteiger partial charge in [-0.1, -0.05) is 111 Å². The fourth-order valence-electron chi connectivity index (χ4n) is 3.32. The van der Waals surface area contributed by atoms with Crippen LogP contribution in [0.1, 0.15) is 0 Å². The summed E-state index contributed by atoms with van der Waals surface area (Å²) in [7, 11) is -5.58. The fraction of sp³-hybridized carbons (Fsp3) is 0.130. The maximum atomic E-state index is 14.1. The first kappa shape index (κ1) is 20.2. The molecular formula is C23H24F2OSi2. The van der Waals surface area contributed by atoms with Crippen LogP contribution in [-0.2, 0) is 4.43 Å². The predicted octanol–water partition coefficient (Wildman–Crippen LogP) is 4.66. The molecule has 0 bridgehead atoms. The van der Waals surface area contributed by atoms with Gasteiger partial charge in [0.2, 0.25) is 0 Å². The molecule has 0 atom stereocenters. The Labute approximate surface area is 167 Å². The quantitative estimate of drug-likeness (QED) is 0.326. The molecule has 0 N–H and O–H groups in total. The van der Waals surface area contributed by atoms with Gasteiger partial charge in [-0.3, -0.25) is 0 Å². The van der Waals surface area contributed by atoms with E-state index in [0.717, 1.165) is 15.6 Å². The van der Waals surface area contributed by atoms with E-state index in [1.807, 2.05) is 111 Å². The first-order valence-corrected chi connectivity index (χ1v) is 14.7. The van der Waals surface area contributed by atoms with E-state index in [4.69, 9.17) is 4.43 Å². The molecule has 0 unspecified atom stereocenters. The Morgan fingerprint density at radius 3 is 1.18 bits per heavy atom. The van der Waals surface area contributed by atoms with Crippen molar-refractivity contribution in [2.24, 2.45) is 0 Å². The van der Waals surface area contributed by atoms with Crippen LogP contribution in [0.4, 0.5) is 8.78 Å². The van der Waals surface area contributed by atoms with Gasteiger partial charge in [-0.25, -0.2) is 0 Å². The molecule has 0 aromatic heterocycles. The van der Waals surface area contributed by atoms with Crippen molar-refractivity contribution in [1.29, 1.82) is 0 Å². The molecule has 0 amide bonds. The molecule has 0 radical (unpaired) electrons. The van der Waals surface area contributed by atoms with Gasteiger partial charge in [0.15, 0.2) is 0 Å². The molecule has 0 saturated heterocycles. The van der Waals surface area contributed by atoms with Crippen LogP contribution in [-0.4, -0.2) is 16.4 Å². The number of halogens is 2. The molecule has 0 aliphatic heterocycles. The van der Waals surface area contributed by atoms with Gasteiger partial charge in [0.05, 0.1) is 0 Å². The van der Waals surface area contributed by atoms with Crippen molar-refractivity contribution in [2.75, 3.05) is 0 Å². The van der Waals surface area contributed by atoms with Crippen LogP contribution in [0.2, 0.25) is 19.6 Å². The van der Waals surface area contributed by atoms with Gasteiger partial charge in [-0.15, -0.1) is 0 Å². The van der Waals surface area contributed by atoms with Crippen LogP contribution in [0, 0.1) is 0 Å². The minimum absolute atomic E-state index is 0.115. The van der Waals surface area contributed by atoms with Gasteiger partial charge < -0.3 is 4.43 Å². The SMILES string of the molecule is C[Si](C)(C)C(O[Si](c1ccccc1)(c1ccccc1)c1ccccc1)=C(F)F. The summed E-state index contributed by atoms with van der Waals surface area (Å²) in [5.41, 5.74) is 0. The Kier molecular flexibility index (Phi) is 5.96. The maximum Gasteiger partial charge on any atom is 0.346 e. The number of hydrogen-bond donors (Lipinski definition) is 0. The molecule has 0 saturated carbocycles. The molecule has 0 spiro atoms. The van der Waals surface area contributed by atoms with Crippen LogP contribution in [0.5, 0.6) is 0 Å². The van der Waals surface area contributed by atoms with Gasteiger partial charge in [-0.2, -0.15) is 8.78 Å². The summed E-state index contributed by atoms with van der Waals surface area (Å²) < 4.78 is 34.7. The highest BCUT2D eigenvalue weighted by Gasteiger charge is 2.46. The highest BCUT2D eigenvalue weighted by Crippen LogP contribution is 2.26. The zero-order chi connectivity index (χ0) is 20.2. The van der Waals surface area contributed by atoms with Crippen LogP contribution in [0.25, 0.3) is 0 Å². The Morgan fingerprint density at radius 2 is 0.929 bits per heavy atom. The molecule has 0 aliphatic carbocycles. The third kappa shape index (κ3) is 4.00. The van der Waals surface area contributed by atoms with Crippen LogP contribution >= 0.6 is 0 Å². The first-order chi connectivity index (χ1) is 13.4. The minimum atomic E-state index is -3.16. The van der Waals surface area contributed by atoms with Crippen molar-refractivity contribution in [3.8, 4) is 0 Å². The first-order valence-electron chi connectivity index (χ1n) is 9.27. The van der Waals surface area contributed by atoms with Gasteiger partial charge in [-0.05, 0) is 15.6 Å².